The van der Waals surface area contributed by atoms with Crippen molar-refractivity contribution >= 4 is 23.6 Å². The highest BCUT2D eigenvalue weighted by molar-refractivity contribution is 8.00. The van der Waals surface area contributed by atoms with Gasteiger partial charge in [0.25, 0.3) is 5.91 Å². The number of likely N-dealkylation sites (tertiary alicyclic amines) is 1. The van der Waals surface area contributed by atoms with Gasteiger partial charge in [0.1, 0.15) is 18.1 Å². The monoisotopic (exact) mass is 426 g/mol. The molecule has 0 aromatic carbocycles. The maximum absolute atomic E-state index is 10.6. The normalized spacial score (nSPS) is 18.5. The van der Waals surface area contributed by atoms with Crippen LogP contribution < -0.4 is 5.32 Å². The van der Waals surface area contributed by atoms with Crippen LogP contribution >= 0.6 is 11.8 Å². The number of aliphatic hydroxyl groups is 1. The number of aromatic nitrogens is 4. The predicted octanol–water partition coefficient (Wildman–Crippen LogP) is 1.93. The fourth-order valence-electron chi connectivity index (χ4n) is 2.94. The van der Waals surface area contributed by atoms with Crippen LogP contribution in [0.4, 0.5) is 5.95 Å². The van der Waals surface area contributed by atoms with Crippen molar-refractivity contribution in [3.8, 4) is 22.8 Å². The molecule has 5 heterocycles. The number of nitrogens with one attached hydrogen (secondary N) is 1. The van der Waals surface area contributed by atoms with Crippen molar-refractivity contribution in [2.24, 2.45) is 0 Å². The second-order valence-corrected chi connectivity index (χ2v) is 8.08. The van der Waals surface area contributed by atoms with E-state index in [0.717, 1.165) is 28.6 Å². The molecular formula is C20H22N6O3S. The molecule has 3 aromatic rings. The molecule has 0 saturated carbocycles. The molecule has 2 aliphatic heterocycles. The molecule has 0 aliphatic carbocycles. The minimum absolute atomic E-state index is 0.148. The number of hydrogen-bond acceptors (Lipinski definition) is 9. The molecule has 1 unspecified atom stereocenters. The lowest BCUT2D eigenvalue weighted by molar-refractivity contribution is -0.133. The van der Waals surface area contributed by atoms with Crippen LogP contribution in [0.25, 0.3) is 22.8 Å². The summed E-state index contributed by atoms with van der Waals surface area (Å²) in [6.07, 6.45) is 3.16. The minimum atomic E-state index is -0.722. The number of rotatable bonds is 4. The van der Waals surface area contributed by atoms with Crippen LogP contribution in [0.3, 0.4) is 0 Å². The van der Waals surface area contributed by atoms with E-state index in [1.54, 1.807) is 19.3 Å². The number of aliphatic hydroxyl groups excluding tert-OH is 1. The number of likely N-dealkylation sites (N-methyl/N-ethyl adjacent to an activating group) is 1. The molecule has 3 aromatic heterocycles. The second-order valence-electron chi connectivity index (χ2n) is 7.00. The average Bonchev–Trinajstić information content (AvgIpc) is 3.38. The standard InChI is InChI=1S/C15H13N5OS.C5H9NO2/c1-2-11(18-12(3-1)14-5-7-21-20-14)13-4-6-16-15(19-13)17-10-8-22-9-10;1-6-3-2-4(7)5(6)8/h1-7,10H,8-9H2,(H,16,17,19);4,7H,2-3H2,1H3. The van der Waals surface area contributed by atoms with Crippen LogP contribution in [0.2, 0.25) is 0 Å². The molecule has 9 nitrogen and oxygen atoms in total. The highest BCUT2D eigenvalue weighted by atomic mass is 32.2. The summed E-state index contributed by atoms with van der Waals surface area (Å²) in [7, 11) is 1.69. The summed E-state index contributed by atoms with van der Waals surface area (Å²) in [6.45, 7) is 0.694. The second kappa shape index (κ2) is 9.23. The zero-order valence-electron chi connectivity index (χ0n) is 16.4. The predicted molar refractivity (Wildman–Crippen MR) is 114 cm³/mol. The first kappa shape index (κ1) is 20.3. The topological polar surface area (TPSA) is 117 Å². The van der Waals surface area contributed by atoms with Crippen molar-refractivity contribution in [1.29, 1.82) is 0 Å². The number of carbonyl (C=O) groups is 1. The first-order chi connectivity index (χ1) is 14.6. The van der Waals surface area contributed by atoms with Crippen LogP contribution in [0.15, 0.2) is 47.3 Å². The summed E-state index contributed by atoms with van der Waals surface area (Å²) in [5.41, 5.74) is 3.04. The Morgan fingerprint density at radius 3 is 2.47 bits per heavy atom. The summed E-state index contributed by atoms with van der Waals surface area (Å²) < 4.78 is 4.87. The number of hydrogen-bond donors (Lipinski definition) is 2. The van der Waals surface area contributed by atoms with Crippen molar-refractivity contribution in [3.05, 3.63) is 42.8 Å². The number of anilines is 1. The lowest BCUT2D eigenvalue weighted by Crippen LogP contribution is -2.33. The summed E-state index contributed by atoms with van der Waals surface area (Å²) in [4.78, 5) is 25.5. The molecular weight excluding hydrogens is 404 g/mol. The Bertz CT molecular complexity index is 984. The zero-order chi connectivity index (χ0) is 20.9. The van der Waals surface area contributed by atoms with Crippen molar-refractivity contribution in [1.82, 2.24) is 25.0 Å². The van der Waals surface area contributed by atoms with Gasteiger partial charge in [0.05, 0.1) is 17.1 Å². The Kier molecular flexibility index (Phi) is 6.24. The van der Waals surface area contributed by atoms with Crippen LogP contribution in [-0.4, -0.2) is 73.3 Å². The number of pyridine rings is 1. The number of nitrogens with zero attached hydrogens (tertiary/aromatic N) is 5. The summed E-state index contributed by atoms with van der Waals surface area (Å²) >= 11 is 1.92. The average molecular weight is 427 g/mol. The lowest BCUT2D eigenvalue weighted by Gasteiger charge is -2.25. The lowest BCUT2D eigenvalue weighted by atomic mass is 10.2. The largest absolute Gasteiger partial charge is 0.383 e. The van der Waals surface area contributed by atoms with Crippen molar-refractivity contribution in [2.75, 3.05) is 30.4 Å². The summed E-state index contributed by atoms with van der Waals surface area (Å²) in [5, 5.41) is 16.0. The summed E-state index contributed by atoms with van der Waals surface area (Å²) in [5.74, 6) is 2.71. The Hall–Kier alpha value is -2.98. The molecule has 2 fully saturated rings. The highest BCUT2D eigenvalue weighted by Crippen LogP contribution is 2.23. The molecule has 5 rings (SSSR count). The maximum Gasteiger partial charge on any atom is 0.251 e. The molecule has 10 heteroatoms. The van der Waals surface area contributed by atoms with Gasteiger partial charge in [0, 0.05) is 43.4 Å². The Balaban J connectivity index is 0.000000230. The quantitative estimate of drug-likeness (QED) is 0.645. The van der Waals surface area contributed by atoms with Crippen LogP contribution in [-0.2, 0) is 4.79 Å². The fraction of sp³-hybridized carbons (Fsp3) is 0.350. The van der Waals surface area contributed by atoms with Gasteiger partial charge < -0.3 is 19.8 Å². The number of thioether (sulfide) groups is 1. The van der Waals surface area contributed by atoms with Gasteiger partial charge in [-0.1, -0.05) is 11.2 Å². The number of amides is 1. The van der Waals surface area contributed by atoms with Gasteiger partial charge in [0.15, 0.2) is 0 Å². The Labute approximate surface area is 177 Å². The van der Waals surface area contributed by atoms with E-state index >= 15 is 0 Å². The van der Waals surface area contributed by atoms with Crippen LogP contribution in [0, 0.1) is 0 Å². The molecule has 30 heavy (non-hydrogen) atoms. The van der Waals surface area contributed by atoms with Gasteiger partial charge in [-0.25, -0.2) is 15.0 Å². The number of carbonyl (C=O) groups excluding carboxylic acids is 1. The molecule has 2 aliphatic rings. The van der Waals surface area contributed by atoms with Crippen LogP contribution in [0.1, 0.15) is 6.42 Å². The van der Waals surface area contributed by atoms with Crippen molar-refractivity contribution in [2.45, 2.75) is 18.6 Å². The fourth-order valence-corrected chi connectivity index (χ4v) is 3.58. The Morgan fingerprint density at radius 2 is 1.90 bits per heavy atom. The van der Waals surface area contributed by atoms with E-state index in [1.165, 1.54) is 11.2 Å². The van der Waals surface area contributed by atoms with Gasteiger partial charge in [-0.3, -0.25) is 4.79 Å². The van der Waals surface area contributed by atoms with Gasteiger partial charge >= 0.3 is 0 Å². The molecule has 2 saturated heterocycles. The molecule has 1 amide bonds. The third-order valence-electron chi connectivity index (χ3n) is 4.74. The van der Waals surface area contributed by atoms with E-state index in [4.69, 9.17) is 9.63 Å². The van der Waals surface area contributed by atoms with Gasteiger partial charge in [-0.2, -0.15) is 11.8 Å². The molecule has 0 bridgehead atoms. The molecule has 2 N–H and O–H groups in total. The van der Waals surface area contributed by atoms with E-state index in [9.17, 15) is 4.79 Å². The molecule has 0 spiro atoms. The van der Waals surface area contributed by atoms with E-state index in [1.807, 2.05) is 36.0 Å². The van der Waals surface area contributed by atoms with Gasteiger partial charge in [-0.05, 0) is 24.6 Å². The molecule has 0 radical (unpaired) electrons. The van der Waals surface area contributed by atoms with Crippen molar-refractivity contribution in [3.63, 3.8) is 0 Å². The first-order valence-corrected chi connectivity index (χ1v) is 10.7. The van der Waals surface area contributed by atoms with E-state index in [2.05, 4.69) is 25.4 Å². The van der Waals surface area contributed by atoms with E-state index in [0.29, 0.717) is 30.6 Å². The third-order valence-corrected chi connectivity index (χ3v) is 6.01. The minimum Gasteiger partial charge on any atom is -0.383 e. The smallest absolute Gasteiger partial charge is 0.251 e. The Morgan fingerprint density at radius 1 is 1.13 bits per heavy atom. The van der Waals surface area contributed by atoms with E-state index < -0.39 is 6.10 Å². The summed E-state index contributed by atoms with van der Waals surface area (Å²) in [6, 6.07) is 9.87. The highest BCUT2D eigenvalue weighted by Gasteiger charge is 2.26. The maximum atomic E-state index is 10.6. The molecule has 156 valence electrons. The third kappa shape index (κ3) is 4.77. The van der Waals surface area contributed by atoms with E-state index in [-0.39, 0.29) is 5.91 Å². The van der Waals surface area contributed by atoms with Crippen molar-refractivity contribution < 1.29 is 14.4 Å². The molecule has 1 atom stereocenters. The van der Waals surface area contributed by atoms with Gasteiger partial charge in [0.2, 0.25) is 5.95 Å². The zero-order valence-corrected chi connectivity index (χ0v) is 17.2. The SMILES string of the molecule is CN1CCC(O)C1=O.c1cc(-c2ccon2)nc(-c2ccnc(NC3CSC3)n2)c1. The first-order valence-electron chi connectivity index (χ1n) is 9.58. The van der Waals surface area contributed by atoms with Crippen LogP contribution in [0.5, 0.6) is 0 Å². The van der Waals surface area contributed by atoms with Gasteiger partial charge in [-0.15, -0.1) is 0 Å².